The Kier molecular flexibility index (Phi) is 5.63. The molecule has 0 aromatic carbocycles. The summed E-state index contributed by atoms with van der Waals surface area (Å²) in [4.78, 5) is 26.5. The molecule has 6 heteroatoms. The normalized spacial score (nSPS) is 9.67. The van der Waals surface area contributed by atoms with Gasteiger partial charge in [-0.25, -0.2) is 4.98 Å². The minimum Gasteiger partial charge on any atom is -0.481 e. The molecule has 6 nitrogen and oxygen atoms in total. The number of esters is 1. The highest BCUT2D eigenvalue weighted by Gasteiger charge is 2.07. The zero-order chi connectivity index (χ0) is 13.4. The van der Waals surface area contributed by atoms with Gasteiger partial charge in [0.05, 0.1) is 32.0 Å². The van der Waals surface area contributed by atoms with E-state index in [1.165, 1.54) is 13.3 Å². The van der Waals surface area contributed by atoms with Crippen LogP contribution in [0.3, 0.4) is 0 Å². The molecule has 1 aromatic rings. The summed E-state index contributed by atoms with van der Waals surface area (Å²) in [6.45, 7) is 2.05. The lowest BCUT2D eigenvalue weighted by molar-refractivity contribution is -0.144. The van der Waals surface area contributed by atoms with Crippen molar-refractivity contribution < 1.29 is 19.1 Å². The second-order valence-electron chi connectivity index (χ2n) is 3.44. The Morgan fingerprint density at radius 1 is 1.33 bits per heavy atom. The second-order valence-corrected chi connectivity index (χ2v) is 3.44. The number of pyridine rings is 1. The molecule has 0 unspecified atom stereocenters. The van der Waals surface area contributed by atoms with Gasteiger partial charge in [-0.15, -0.1) is 0 Å². The highest BCUT2D eigenvalue weighted by Crippen LogP contribution is 2.11. The van der Waals surface area contributed by atoms with Gasteiger partial charge in [0.1, 0.15) is 0 Å². The Bertz CT molecular complexity index is 403. The van der Waals surface area contributed by atoms with Crippen molar-refractivity contribution in [3.8, 4) is 5.88 Å². The molecule has 98 valence electrons. The first-order valence-electron chi connectivity index (χ1n) is 5.61. The molecule has 1 heterocycles. The van der Waals surface area contributed by atoms with Crippen LogP contribution in [-0.2, 0) is 14.3 Å². The van der Waals surface area contributed by atoms with Crippen LogP contribution in [0, 0.1) is 0 Å². The van der Waals surface area contributed by atoms with Crippen LogP contribution in [0.1, 0.15) is 19.8 Å². The number of rotatable bonds is 6. The molecule has 0 radical (unpaired) electrons. The number of ether oxygens (including phenoxy) is 2. The number of aromatic nitrogens is 1. The van der Waals surface area contributed by atoms with E-state index in [2.05, 4.69) is 10.3 Å². The van der Waals surface area contributed by atoms with Crippen molar-refractivity contribution in [2.45, 2.75) is 19.8 Å². The standard InChI is InChI=1S/C12H16N2O4/c1-3-18-12(16)7-5-10(15)14-9-4-6-11(17-2)13-8-9/h4,6,8H,3,5,7H2,1-2H3,(H,14,15). The van der Waals surface area contributed by atoms with Gasteiger partial charge in [0, 0.05) is 12.5 Å². The smallest absolute Gasteiger partial charge is 0.306 e. The Labute approximate surface area is 105 Å². The van der Waals surface area contributed by atoms with Gasteiger partial charge in [-0.05, 0) is 13.0 Å². The molecule has 1 rings (SSSR count). The Morgan fingerprint density at radius 3 is 2.67 bits per heavy atom. The summed E-state index contributed by atoms with van der Waals surface area (Å²) in [7, 11) is 1.51. The third-order valence-corrected chi connectivity index (χ3v) is 2.09. The summed E-state index contributed by atoms with van der Waals surface area (Å²) in [5.74, 6) is -0.157. The van der Waals surface area contributed by atoms with E-state index in [1.54, 1.807) is 19.1 Å². The lowest BCUT2D eigenvalue weighted by Gasteiger charge is -2.05. The quantitative estimate of drug-likeness (QED) is 0.774. The topological polar surface area (TPSA) is 77.5 Å². The van der Waals surface area contributed by atoms with Gasteiger partial charge in [0.15, 0.2) is 0 Å². The van der Waals surface area contributed by atoms with Crippen molar-refractivity contribution >= 4 is 17.6 Å². The maximum absolute atomic E-state index is 11.5. The zero-order valence-corrected chi connectivity index (χ0v) is 10.4. The Hall–Kier alpha value is -2.11. The van der Waals surface area contributed by atoms with Gasteiger partial charge < -0.3 is 14.8 Å². The van der Waals surface area contributed by atoms with Gasteiger partial charge in [-0.2, -0.15) is 0 Å². The Balaban J connectivity index is 2.37. The summed E-state index contributed by atoms with van der Waals surface area (Å²) >= 11 is 0. The average Bonchev–Trinajstić information content (AvgIpc) is 2.38. The van der Waals surface area contributed by atoms with Gasteiger partial charge >= 0.3 is 5.97 Å². The van der Waals surface area contributed by atoms with Crippen LogP contribution >= 0.6 is 0 Å². The molecule has 0 saturated carbocycles. The highest BCUT2D eigenvalue weighted by molar-refractivity contribution is 5.92. The monoisotopic (exact) mass is 252 g/mol. The molecule has 1 aromatic heterocycles. The first-order valence-corrected chi connectivity index (χ1v) is 5.61. The van der Waals surface area contributed by atoms with E-state index >= 15 is 0 Å². The predicted octanol–water partition coefficient (Wildman–Crippen LogP) is 1.37. The van der Waals surface area contributed by atoms with Crippen LogP contribution in [0.25, 0.3) is 0 Å². The van der Waals surface area contributed by atoms with Crippen molar-refractivity contribution in [3.05, 3.63) is 18.3 Å². The molecule has 0 saturated heterocycles. The lowest BCUT2D eigenvalue weighted by atomic mass is 10.3. The van der Waals surface area contributed by atoms with Crippen LogP contribution in [-0.4, -0.2) is 30.6 Å². The summed E-state index contributed by atoms with van der Waals surface area (Å²) < 4.78 is 9.62. The first-order chi connectivity index (χ1) is 8.65. The molecule has 0 spiro atoms. The van der Waals surface area contributed by atoms with Crippen LogP contribution in [0.4, 0.5) is 5.69 Å². The minimum absolute atomic E-state index is 0.0727. The van der Waals surface area contributed by atoms with Crippen molar-refractivity contribution in [2.75, 3.05) is 19.0 Å². The van der Waals surface area contributed by atoms with Gasteiger partial charge in [0.25, 0.3) is 0 Å². The third-order valence-electron chi connectivity index (χ3n) is 2.09. The maximum atomic E-state index is 11.5. The van der Waals surface area contributed by atoms with Gasteiger partial charge in [0.2, 0.25) is 11.8 Å². The van der Waals surface area contributed by atoms with Crippen LogP contribution in [0.2, 0.25) is 0 Å². The highest BCUT2D eigenvalue weighted by atomic mass is 16.5. The van der Waals surface area contributed by atoms with Gasteiger partial charge in [-0.1, -0.05) is 0 Å². The number of nitrogens with one attached hydrogen (secondary N) is 1. The first kappa shape index (κ1) is 14.0. The van der Waals surface area contributed by atoms with E-state index in [1.807, 2.05) is 0 Å². The molecule has 0 fully saturated rings. The molecular weight excluding hydrogens is 236 g/mol. The summed E-state index contributed by atoms with van der Waals surface area (Å²) in [5, 5.41) is 2.63. The van der Waals surface area contributed by atoms with Crippen LogP contribution in [0.15, 0.2) is 18.3 Å². The fourth-order valence-electron chi connectivity index (χ4n) is 1.25. The number of carbonyl (C=O) groups excluding carboxylic acids is 2. The lowest BCUT2D eigenvalue weighted by Crippen LogP contribution is -2.14. The molecule has 0 atom stereocenters. The average molecular weight is 252 g/mol. The number of nitrogens with zero attached hydrogens (tertiary/aromatic N) is 1. The summed E-state index contributed by atoms with van der Waals surface area (Å²) in [5.41, 5.74) is 0.560. The summed E-state index contributed by atoms with van der Waals surface area (Å²) in [6, 6.07) is 3.31. The minimum atomic E-state index is -0.375. The molecular formula is C12H16N2O4. The number of amides is 1. The van der Waals surface area contributed by atoms with E-state index in [4.69, 9.17) is 9.47 Å². The summed E-state index contributed by atoms with van der Waals surface area (Å²) in [6.07, 6.45) is 1.65. The molecule has 1 N–H and O–H groups in total. The molecule has 0 aliphatic rings. The molecule has 1 amide bonds. The van der Waals surface area contributed by atoms with E-state index in [-0.39, 0.29) is 24.7 Å². The van der Waals surface area contributed by atoms with Crippen molar-refractivity contribution in [1.82, 2.24) is 4.98 Å². The SMILES string of the molecule is CCOC(=O)CCC(=O)Nc1ccc(OC)nc1. The van der Waals surface area contributed by atoms with Crippen LogP contribution < -0.4 is 10.1 Å². The fraction of sp³-hybridized carbons (Fsp3) is 0.417. The van der Waals surface area contributed by atoms with Crippen LogP contribution in [0.5, 0.6) is 5.88 Å². The van der Waals surface area contributed by atoms with Gasteiger partial charge in [-0.3, -0.25) is 9.59 Å². The number of anilines is 1. The van der Waals surface area contributed by atoms with E-state index < -0.39 is 0 Å². The molecule has 0 aliphatic carbocycles. The Morgan fingerprint density at radius 2 is 2.11 bits per heavy atom. The van der Waals surface area contributed by atoms with Crippen molar-refractivity contribution in [1.29, 1.82) is 0 Å². The fourth-order valence-corrected chi connectivity index (χ4v) is 1.25. The largest absolute Gasteiger partial charge is 0.481 e. The number of carbonyl (C=O) groups is 2. The van der Waals surface area contributed by atoms with E-state index in [9.17, 15) is 9.59 Å². The van der Waals surface area contributed by atoms with Crippen molar-refractivity contribution in [3.63, 3.8) is 0 Å². The van der Waals surface area contributed by atoms with E-state index in [0.29, 0.717) is 18.2 Å². The molecule has 0 bridgehead atoms. The second kappa shape index (κ2) is 7.26. The predicted molar refractivity (Wildman–Crippen MR) is 65.3 cm³/mol. The molecule has 0 aliphatic heterocycles. The maximum Gasteiger partial charge on any atom is 0.306 e. The van der Waals surface area contributed by atoms with Crippen molar-refractivity contribution in [2.24, 2.45) is 0 Å². The van der Waals surface area contributed by atoms with E-state index in [0.717, 1.165) is 0 Å². The number of hydrogen-bond donors (Lipinski definition) is 1. The number of methoxy groups -OCH3 is 1. The molecule has 18 heavy (non-hydrogen) atoms. The number of hydrogen-bond acceptors (Lipinski definition) is 5. The zero-order valence-electron chi connectivity index (χ0n) is 10.4. The third kappa shape index (κ3) is 4.82.